The lowest BCUT2D eigenvalue weighted by atomic mass is 10.1. The molecule has 200 valence electrons. The number of thiophene rings is 1. The molecular formula is C25H22Cl2N2O7S2. The van der Waals surface area contributed by atoms with Gasteiger partial charge < -0.3 is 24.3 Å². The number of rotatable bonds is 9. The lowest BCUT2D eigenvalue weighted by Crippen LogP contribution is -2.37. The van der Waals surface area contributed by atoms with Crippen LogP contribution in [0.25, 0.3) is 16.2 Å². The van der Waals surface area contributed by atoms with E-state index in [1.54, 1.807) is 30.3 Å². The summed E-state index contributed by atoms with van der Waals surface area (Å²) in [5, 5.41) is 3.55. The average molecular weight is 597 g/mol. The predicted octanol–water partition coefficient (Wildman–Crippen LogP) is 5.71. The number of thioether (sulfide) groups is 1. The van der Waals surface area contributed by atoms with Crippen LogP contribution < -0.4 is 24.3 Å². The fourth-order valence-electron chi connectivity index (χ4n) is 3.77. The average Bonchev–Trinajstić information content (AvgIpc) is 3.39. The molecule has 0 radical (unpaired) electrons. The van der Waals surface area contributed by atoms with Crippen LogP contribution in [-0.2, 0) is 4.79 Å². The minimum absolute atomic E-state index is 0.0138. The Morgan fingerprint density at radius 3 is 2.24 bits per heavy atom. The summed E-state index contributed by atoms with van der Waals surface area (Å²) in [6, 6.07) is 6.75. The summed E-state index contributed by atoms with van der Waals surface area (Å²) in [6.07, 6.45) is 1.57. The first-order valence-electron chi connectivity index (χ1n) is 11.0. The highest BCUT2D eigenvalue weighted by atomic mass is 35.5. The van der Waals surface area contributed by atoms with Gasteiger partial charge in [0.25, 0.3) is 17.1 Å². The van der Waals surface area contributed by atoms with Crippen LogP contribution in [0.15, 0.2) is 29.2 Å². The fourth-order valence-corrected chi connectivity index (χ4v) is 6.45. The molecule has 9 nitrogen and oxygen atoms in total. The maximum atomic E-state index is 12.9. The number of carbonyl (C=O) groups excluding carboxylic acids is 3. The zero-order valence-electron chi connectivity index (χ0n) is 20.7. The van der Waals surface area contributed by atoms with E-state index in [1.807, 2.05) is 0 Å². The van der Waals surface area contributed by atoms with Gasteiger partial charge in [-0.05, 0) is 47.7 Å². The molecule has 3 amide bonds. The van der Waals surface area contributed by atoms with Crippen LogP contribution in [0, 0.1) is 0 Å². The van der Waals surface area contributed by atoms with Gasteiger partial charge in [-0.2, -0.15) is 0 Å². The second kappa shape index (κ2) is 11.7. The number of carbonyl (C=O) groups is 3. The van der Waals surface area contributed by atoms with Crippen molar-refractivity contribution in [3.8, 4) is 23.0 Å². The van der Waals surface area contributed by atoms with Crippen molar-refractivity contribution in [3.05, 3.63) is 49.7 Å². The third-order valence-electron chi connectivity index (χ3n) is 5.61. The molecule has 1 aliphatic rings. The van der Waals surface area contributed by atoms with E-state index in [0.29, 0.717) is 43.7 Å². The van der Waals surface area contributed by atoms with Gasteiger partial charge in [0.2, 0.25) is 5.75 Å². The third kappa shape index (κ3) is 5.24. The van der Waals surface area contributed by atoms with Crippen molar-refractivity contribution in [2.45, 2.75) is 0 Å². The number of ether oxygens (including phenoxy) is 4. The maximum absolute atomic E-state index is 12.9. The monoisotopic (exact) mass is 596 g/mol. The molecule has 0 unspecified atom stereocenters. The first-order valence-corrected chi connectivity index (χ1v) is 13.4. The number of nitrogens with one attached hydrogen (secondary N) is 1. The quantitative estimate of drug-likeness (QED) is 0.313. The number of fused-ring (bicyclic) bond motifs is 1. The molecule has 0 aliphatic carbocycles. The SMILES string of the molecule is COc1cc(/C=C2\SC(=O)N(CCNC(=O)c3sc4c(Cl)c(OC)ccc4c3Cl)C2=O)cc(OC)c1OC. The molecule has 4 rings (SSSR count). The Kier molecular flexibility index (Phi) is 8.61. The van der Waals surface area contributed by atoms with Gasteiger partial charge in [0.1, 0.15) is 15.6 Å². The van der Waals surface area contributed by atoms with E-state index in [4.69, 9.17) is 42.1 Å². The minimum atomic E-state index is -0.471. The molecule has 1 aliphatic heterocycles. The Balaban J connectivity index is 1.45. The Morgan fingerprint density at radius 2 is 1.63 bits per heavy atom. The minimum Gasteiger partial charge on any atom is -0.495 e. The number of halogens is 2. The first kappa shape index (κ1) is 27.9. The van der Waals surface area contributed by atoms with E-state index in [2.05, 4.69) is 5.32 Å². The van der Waals surface area contributed by atoms with Crippen molar-refractivity contribution in [1.82, 2.24) is 10.2 Å². The van der Waals surface area contributed by atoms with Gasteiger partial charge in [0.15, 0.2) is 11.5 Å². The highest BCUT2D eigenvalue weighted by molar-refractivity contribution is 8.18. The van der Waals surface area contributed by atoms with Crippen LogP contribution in [0.5, 0.6) is 23.0 Å². The lowest BCUT2D eigenvalue weighted by molar-refractivity contribution is -0.122. The van der Waals surface area contributed by atoms with Gasteiger partial charge in [0, 0.05) is 18.5 Å². The largest absolute Gasteiger partial charge is 0.495 e. The smallest absolute Gasteiger partial charge is 0.293 e. The van der Waals surface area contributed by atoms with Crippen LogP contribution in [0.2, 0.25) is 10.0 Å². The van der Waals surface area contributed by atoms with Crippen LogP contribution in [0.1, 0.15) is 15.2 Å². The highest BCUT2D eigenvalue weighted by Crippen LogP contribution is 2.43. The second-order valence-electron chi connectivity index (χ2n) is 7.75. The van der Waals surface area contributed by atoms with E-state index >= 15 is 0 Å². The van der Waals surface area contributed by atoms with Crippen LogP contribution in [0.4, 0.5) is 4.79 Å². The summed E-state index contributed by atoms with van der Waals surface area (Å²) in [4.78, 5) is 39.9. The first-order chi connectivity index (χ1) is 18.2. The summed E-state index contributed by atoms with van der Waals surface area (Å²) in [5.74, 6) is 0.811. The molecule has 0 atom stereocenters. The van der Waals surface area contributed by atoms with Gasteiger partial charge in [-0.25, -0.2) is 0 Å². The fraction of sp³-hybridized carbons (Fsp3) is 0.240. The van der Waals surface area contributed by atoms with Crippen molar-refractivity contribution in [1.29, 1.82) is 0 Å². The van der Waals surface area contributed by atoms with Gasteiger partial charge in [0.05, 0.1) is 43.1 Å². The normalized spacial score (nSPS) is 14.4. The molecule has 1 fully saturated rings. The Labute approximate surface area is 236 Å². The van der Waals surface area contributed by atoms with Crippen molar-refractivity contribution >= 4 is 79.5 Å². The summed E-state index contributed by atoms with van der Waals surface area (Å²) in [5.41, 5.74) is 0.591. The number of methoxy groups -OCH3 is 4. The predicted molar refractivity (Wildman–Crippen MR) is 150 cm³/mol. The molecule has 1 saturated heterocycles. The molecule has 0 spiro atoms. The summed E-state index contributed by atoms with van der Waals surface area (Å²) < 4.78 is 21.9. The lowest BCUT2D eigenvalue weighted by Gasteiger charge is -2.13. The topological polar surface area (TPSA) is 103 Å². The Hall–Kier alpha value is -3.12. The molecule has 38 heavy (non-hydrogen) atoms. The Morgan fingerprint density at radius 1 is 0.974 bits per heavy atom. The number of imide groups is 1. The number of benzene rings is 2. The van der Waals surface area contributed by atoms with E-state index < -0.39 is 17.1 Å². The zero-order valence-corrected chi connectivity index (χ0v) is 23.8. The van der Waals surface area contributed by atoms with Crippen LogP contribution >= 0.6 is 46.3 Å². The molecule has 0 bridgehead atoms. The number of hydrogen-bond acceptors (Lipinski definition) is 9. The second-order valence-corrected chi connectivity index (χ2v) is 10.5. The van der Waals surface area contributed by atoms with E-state index in [1.165, 1.54) is 28.4 Å². The van der Waals surface area contributed by atoms with Crippen LogP contribution in [0.3, 0.4) is 0 Å². The molecule has 3 aromatic rings. The zero-order chi connectivity index (χ0) is 27.6. The van der Waals surface area contributed by atoms with E-state index in [-0.39, 0.29) is 27.9 Å². The van der Waals surface area contributed by atoms with Gasteiger partial charge in [-0.15, -0.1) is 11.3 Å². The van der Waals surface area contributed by atoms with Gasteiger partial charge in [-0.1, -0.05) is 23.2 Å². The molecule has 1 N–H and O–H groups in total. The Bertz CT molecular complexity index is 1450. The standard InChI is InChI=1S/C25H22Cl2N2O7S2/c1-33-14-6-5-13-18(26)22(38-21(13)19(14)27)23(30)28-7-8-29-24(31)17(37-25(29)32)11-12-9-15(34-2)20(36-4)16(10-12)35-3/h5-6,9-11H,7-8H2,1-4H3,(H,28,30)/b17-11-. The molecule has 1 aromatic heterocycles. The summed E-state index contributed by atoms with van der Waals surface area (Å²) in [6.45, 7) is 0.0239. The van der Waals surface area contributed by atoms with Crippen LogP contribution in [-0.4, -0.2) is 63.5 Å². The molecule has 2 aromatic carbocycles. The number of amides is 3. The number of nitrogens with zero attached hydrogens (tertiary/aromatic N) is 1. The highest BCUT2D eigenvalue weighted by Gasteiger charge is 2.35. The number of hydrogen-bond donors (Lipinski definition) is 1. The van der Waals surface area contributed by atoms with Gasteiger partial charge >= 0.3 is 0 Å². The van der Waals surface area contributed by atoms with E-state index in [0.717, 1.165) is 28.0 Å². The van der Waals surface area contributed by atoms with Crippen molar-refractivity contribution in [2.24, 2.45) is 0 Å². The molecule has 2 heterocycles. The van der Waals surface area contributed by atoms with Crippen molar-refractivity contribution in [2.75, 3.05) is 41.5 Å². The summed E-state index contributed by atoms with van der Waals surface area (Å²) >= 11 is 14.7. The van der Waals surface area contributed by atoms with Crippen molar-refractivity contribution in [3.63, 3.8) is 0 Å². The summed E-state index contributed by atoms with van der Waals surface area (Å²) in [7, 11) is 5.97. The molecule has 13 heteroatoms. The van der Waals surface area contributed by atoms with Gasteiger partial charge in [-0.3, -0.25) is 19.3 Å². The maximum Gasteiger partial charge on any atom is 0.293 e. The molecule has 0 saturated carbocycles. The molecular weight excluding hydrogens is 575 g/mol. The third-order valence-corrected chi connectivity index (χ3v) is 8.73. The van der Waals surface area contributed by atoms with Crippen molar-refractivity contribution < 1.29 is 33.3 Å². The van der Waals surface area contributed by atoms with E-state index in [9.17, 15) is 14.4 Å².